The molecule has 1 amide bonds. The summed E-state index contributed by atoms with van der Waals surface area (Å²) in [6, 6.07) is 4.24. The highest BCUT2D eigenvalue weighted by molar-refractivity contribution is 6.73. The van der Waals surface area contributed by atoms with Crippen LogP contribution < -0.4 is 10.8 Å². The molecule has 7 heteroatoms. The van der Waals surface area contributed by atoms with Gasteiger partial charge in [-0.1, -0.05) is 24.3 Å². The van der Waals surface area contributed by atoms with E-state index in [4.69, 9.17) is 4.74 Å². The quantitative estimate of drug-likeness (QED) is 0.846. The summed E-state index contributed by atoms with van der Waals surface area (Å²) in [7, 11) is 0. The molecule has 0 aliphatic carbocycles. The van der Waals surface area contributed by atoms with E-state index in [9.17, 15) is 17.7 Å². The zero-order valence-electron chi connectivity index (χ0n) is 10.2. The molecular weight excluding hydrogens is 258 g/mol. The number of rotatable bonds is 4. The molecule has 0 unspecified atom stereocenters. The lowest BCUT2D eigenvalue weighted by molar-refractivity contribution is 0.0858. The number of amides is 1. The van der Waals surface area contributed by atoms with E-state index >= 15 is 0 Å². The molecule has 0 radical (unpaired) electrons. The average Bonchev–Trinajstić information content (AvgIpc) is 2.88. The topological polar surface area (TPSA) is 38.3 Å². The van der Waals surface area contributed by atoms with E-state index < -0.39 is 12.4 Å². The van der Waals surface area contributed by atoms with E-state index in [0.29, 0.717) is 13.2 Å². The Bertz CT molecular complexity index is 441. The summed E-state index contributed by atoms with van der Waals surface area (Å²) in [4.78, 5) is 11.7. The predicted molar refractivity (Wildman–Crippen MR) is 66.5 cm³/mol. The third-order valence-corrected chi connectivity index (χ3v) is 3.07. The second-order valence-electron chi connectivity index (χ2n) is 4.54. The SMILES string of the molecule is O=C(NC[C@@H]1CCCO1)c1ccc([B-](F)(F)F)cc1. The minimum absolute atomic E-state index is 0.0155. The first-order chi connectivity index (χ1) is 8.97. The third-order valence-electron chi connectivity index (χ3n) is 3.07. The highest BCUT2D eigenvalue weighted by Gasteiger charge is 2.25. The fourth-order valence-electron chi connectivity index (χ4n) is 1.97. The summed E-state index contributed by atoms with van der Waals surface area (Å²) in [5.74, 6) is -0.378. The maximum absolute atomic E-state index is 12.4. The summed E-state index contributed by atoms with van der Waals surface area (Å²) in [5, 5.41) is 2.66. The minimum Gasteiger partial charge on any atom is -0.445 e. The standard InChI is InChI=1S/C12H14BF3NO2/c14-13(15,16)10-5-3-9(4-6-10)12(18)17-8-11-2-1-7-19-11/h3-6,11H,1-2,7-8H2,(H,17,18)/q-1/t11-/m0/s1. The van der Waals surface area contributed by atoms with Crippen LogP contribution in [0.1, 0.15) is 23.2 Å². The first-order valence-corrected chi connectivity index (χ1v) is 6.16. The highest BCUT2D eigenvalue weighted by Crippen LogP contribution is 2.12. The van der Waals surface area contributed by atoms with Crippen molar-refractivity contribution in [2.75, 3.05) is 13.2 Å². The van der Waals surface area contributed by atoms with Crippen molar-refractivity contribution in [1.29, 1.82) is 0 Å². The molecule has 0 saturated carbocycles. The number of hydrogen-bond donors (Lipinski definition) is 1. The van der Waals surface area contributed by atoms with Crippen molar-refractivity contribution >= 4 is 18.3 Å². The van der Waals surface area contributed by atoms with Gasteiger partial charge in [0.25, 0.3) is 5.91 Å². The lowest BCUT2D eigenvalue weighted by Crippen LogP contribution is -2.35. The Balaban J connectivity index is 1.92. The van der Waals surface area contributed by atoms with Crippen LogP contribution in [0.15, 0.2) is 24.3 Å². The van der Waals surface area contributed by atoms with Crippen molar-refractivity contribution in [3.05, 3.63) is 29.8 Å². The summed E-state index contributed by atoms with van der Waals surface area (Å²) in [6.07, 6.45) is 1.89. The lowest BCUT2D eigenvalue weighted by atomic mass is 9.80. The molecule has 1 aromatic rings. The number of carbonyl (C=O) groups excluding carboxylic acids is 1. The molecule has 1 atom stereocenters. The smallest absolute Gasteiger partial charge is 0.445 e. The number of benzene rings is 1. The van der Waals surface area contributed by atoms with E-state index in [1.807, 2.05) is 0 Å². The van der Waals surface area contributed by atoms with E-state index in [1.165, 1.54) is 12.1 Å². The van der Waals surface area contributed by atoms with Gasteiger partial charge >= 0.3 is 6.98 Å². The molecule has 104 valence electrons. The highest BCUT2D eigenvalue weighted by atomic mass is 19.4. The summed E-state index contributed by atoms with van der Waals surface area (Å²) >= 11 is 0. The van der Waals surface area contributed by atoms with E-state index in [0.717, 1.165) is 25.0 Å². The Labute approximate surface area is 109 Å². The van der Waals surface area contributed by atoms with E-state index in [-0.39, 0.29) is 17.6 Å². The first kappa shape index (κ1) is 13.9. The Hall–Kier alpha value is -1.50. The van der Waals surface area contributed by atoms with Gasteiger partial charge in [-0.15, -0.1) is 5.46 Å². The molecule has 1 aliphatic heterocycles. The first-order valence-electron chi connectivity index (χ1n) is 6.16. The van der Waals surface area contributed by atoms with Crippen LogP contribution in [0.5, 0.6) is 0 Å². The number of ether oxygens (including phenoxy) is 1. The monoisotopic (exact) mass is 272 g/mol. The Morgan fingerprint density at radius 3 is 2.53 bits per heavy atom. The summed E-state index contributed by atoms with van der Waals surface area (Å²) in [5.41, 5.74) is -0.475. The fraction of sp³-hybridized carbons (Fsp3) is 0.417. The van der Waals surface area contributed by atoms with Gasteiger partial charge in [-0.05, 0) is 12.8 Å². The Morgan fingerprint density at radius 2 is 2.00 bits per heavy atom. The molecule has 3 nitrogen and oxygen atoms in total. The van der Waals surface area contributed by atoms with Crippen LogP contribution in [0.2, 0.25) is 0 Å². The molecule has 1 N–H and O–H groups in total. The maximum atomic E-state index is 12.4. The molecule has 0 bridgehead atoms. The minimum atomic E-state index is -5.01. The predicted octanol–water partition coefficient (Wildman–Crippen LogP) is 1.65. The van der Waals surface area contributed by atoms with Gasteiger partial charge in [0, 0.05) is 18.7 Å². The zero-order chi connectivity index (χ0) is 13.9. The van der Waals surface area contributed by atoms with Gasteiger partial charge in [0.2, 0.25) is 0 Å². The van der Waals surface area contributed by atoms with Crippen LogP contribution in [-0.2, 0) is 4.74 Å². The molecule has 1 aliphatic rings. The number of nitrogens with one attached hydrogen (secondary N) is 1. The molecule has 19 heavy (non-hydrogen) atoms. The summed E-state index contributed by atoms with van der Waals surface area (Å²) < 4.78 is 42.6. The van der Waals surface area contributed by atoms with Crippen LogP contribution in [0.25, 0.3) is 0 Å². The molecule has 1 aromatic carbocycles. The van der Waals surface area contributed by atoms with Gasteiger partial charge in [0.15, 0.2) is 0 Å². The number of carbonyl (C=O) groups is 1. The largest absolute Gasteiger partial charge is 0.509 e. The maximum Gasteiger partial charge on any atom is 0.509 e. The van der Waals surface area contributed by atoms with Gasteiger partial charge in [-0.3, -0.25) is 4.79 Å². The molecular formula is C12H14BF3NO2-. The van der Waals surface area contributed by atoms with Gasteiger partial charge in [0.05, 0.1) is 6.10 Å². The summed E-state index contributed by atoms with van der Waals surface area (Å²) in [6.45, 7) is -3.92. The second kappa shape index (κ2) is 5.65. The molecule has 1 heterocycles. The molecule has 1 saturated heterocycles. The normalized spacial score (nSPS) is 19.4. The Morgan fingerprint density at radius 1 is 1.32 bits per heavy atom. The van der Waals surface area contributed by atoms with E-state index in [1.54, 1.807) is 0 Å². The Kier molecular flexibility index (Phi) is 4.14. The van der Waals surface area contributed by atoms with Crippen molar-refractivity contribution in [2.45, 2.75) is 18.9 Å². The van der Waals surface area contributed by atoms with Crippen LogP contribution in [-0.4, -0.2) is 32.1 Å². The van der Waals surface area contributed by atoms with Crippen molar-refractivity contribution in [3.8, 4) is 0 Å². The van der Waals surface area contributed by atoms with E-state index in [2.05, 4.69) is 5.32 Å². The van der Waals surface area contributed by atoms with Gasteiger partial charge in [-0.2, -0.15) is 0 Å². The van der Waals surface area contributed by atoms with Crippen molar-refractivity contribution in [3.63, 3.8) is 0 Å². The van der Waals surface area contributed by atoms with Gasteiger partial charge in [0.1, 0.15) is 0 Å². The van der Waals surface area contributed by atoms with Crippen LogP contribution >= 0.6 is 0 Å². The third kappa shape index (κ3) is 3.73. The average molecular weight is 272 g/mol. The molecule has 0 aromatic heterocycles. The number of hydrogen-bond acceptors (Lipinski definition) is 2. The zero-order valence-corrected chi connectivity index (χ0v) is 10.2. The van der Waals surface area contributed by atoms with Crippen LogP contribution in [0, 0.1) is 0 Å². The van der Waals surface area contributed by atoms with Crippen molar-refractivity contribution in [2.24, 2.45) is 0 Å². The van der Waals surface area contributed by atoms with Crippen LogP contribution in [0.4, 0.5) is 12.9 Å². The molecule has 0 spiro atoms. The van der Waals surface area contributed by atoms with Crippen molar-refractivity contribution in [1.82, 2.24) is 5.32 Å². The number of halogens is 3. The van der Waals surface area contributed by atoms with Crippen molar-refractivity contribution < 1.29 is 22.5 Å². The fourth-order valence-corrected chi connectivity index (χ4v) is 1.97. The second-order valence-corrected chi connectivity index (χ2v) is 4.54. The van der Waals surface area contributed by atoms with Gasteiger partial charge < -0.3 is 23.0 Å². The van der Waals surface area contributed by atoms with Gasteiger partial charge in [-0.25, -0.2) is 0 Å². The molecule has 2 rings (SSSR count). The molecule has 1 fully saturated rings. The lowest BCUT2D eigenvalue weighted by Gasteiger charge is -2.15. The van der Waals surface area contributed by atoms with Crippen LogP contribution in [0.3, 0.4) is 0 Å².